The minimum atomic E-state index is -0.455. The SMILES string of the molecule is CNC(=O)C(CC(C)C)NC(=O)CCC(C)(C)N. The molecule has 0 rings (SSSR count). The van der Waals surface area contributed by atoms with Crippen LogP contribution in [0.2, 0.25) is 0 Å². The molecule has 0 aliphatic rings. The quantitative estimate of drug-likeness (QED) is 0.630. The zero-order valence-electron chi connectivity index (χ0n) is 12.2. The minimum Gasteiger partial charge on any atom is -0.357 e. The van der Waals surface area contributed by atoms with Gasteiger partial charge in [0.25, 0.3) is 0 Å². The van der Waals surface area contributed by atoms with Gasteiger partial charge in [-0.25, -0.2) is 0 Å². The summed E-state index contributed by atoms with van der Waals surface area (Å²) >= 11 is 0. The van der Waals surface area contributed by atoms with Crippen molar-refractivity contribution in [2.75, 3.05) is 7.05 Å². The second-order valence-electron chi connectivity index (χ2n) is 5.85. The van der Waals surface area contributed by atoms with E-state index >= 15 is 0 Å². The summed E-state index contributed by atoms with van der Waals surface area (Å²) in [6, 6.07) is -0.455. The van der Waals surface area contributed by atoms with Gasteiger partial charge in [0.05, 0.1) is 0 Å². The first kappa shape index (κ1) is 16.9. The van der Waals surface area contributed by atoms with Gasteiger partial charge in [0.1, 0.15) is 6.04 Å². The summed E-state index contributed by atoms with van der Waals surface area (Å²) in [4.78, 5) is 23.4. The lowest BCUT2D eigenvalue weighted by molar-refractivity contribution is -0.129. The van der Waals surface area contributed by atoms with E-state index in [1.54, 1.807) is 7.05 Å². The van der Waals surface area contributed by atoms with Crippen molar-refractivity contribution < 1.29 is 9.59 Å². The Bertz CT molecular complexity index is 282. The lowest BCUT2D eigenvalue weighted by atomic mass is 9.99. The van der Waals surface area contributed by atoms with E-state index in [4.69, 9.17) is 5.73 Å². The Morgan fingerprint density at radius 1 is 1.28 bits per heavy atom. The van der Waals surface area contributed by atoms with Crippen LogP contribution >= 0.6 is 0 Å². The van der Waals surface area contributed by atoms with Gasteiger partial charge in [0, 0.05) is 19.0 Å². The lowest BCUT2D eigenvalue weighted by Crippen LogP contribution is -2.47. The van der Waals surface area contributed by atoms with Crippen LogP contribution in [0, 0.1) is 5.92 Å². The highest BCUT2D eigenvalue weighted by atomic mass is 16.2. The Morgan fingerprint density at radius 3 is 2.22 bits per heavy atom. The van der Waals surface area contributed by atoms with Crippen LogP contribution in [-0.2, 0) is 9.59 Å². The number of hydrogen-bond donors (Lipinski definition) is 3. The first-order valence-electron chi connectivity index (χ1n) is 6.45. The van der Waals surface area contributed by atoms with E-state index < -0.39 is 6.04 Å². The third-order valence-corrected chi connectivity index (χ3v) is 2.60. The van der Waals surface area contributed by atoms with Crippen LogP contribution in [0.1, 0.15) is 47.0 Å². The average molecular weight is 257 g/mol. The number of carbonyl (C=O) groups is 2. The molecular weight excluding hydrogens is 230 g/mol. The highest BCUT2D eigenvalue weighted by Crippen LogP contribution is 2.09. The Hall–Kier alpha value is -1.10. The number of rotatable bonds is 7. The maximum Gasteiger partial charge on any atom is 0.242 e. The smallest absolute Gasteiger partial charge is 0.242 e. The molecule has 0 fully saturated rings. The van der Waals surface area contributed by atoms with Gasteiger partial charge >= 0.3 is 0 Å². The van der Waals surface area contributed by atoms with Gasteiger partial charge in [0.2, 0.25) is 11.8 Å². The number of hydrogen-bond acceptors (Lipinski definition) is 3. The summed E-state index contributed by atoms with van der Waals surface area (Å²) < 4.78 is 0. The Morgan fingerprint density at radius 2 is 1.83 bits per heavy atom. The monoisotopic (exact) mass is 257 g/mol. The Kier molecular flexibility index (Phi) is 6.91. The predicted octanol–water partition coefficient (Wildman–Crippen LogP) is 0.781. The molecule has 0 aliphatic heterocycles. The molecule has 0 heterocycles. The molecule has 0 saturated carbocycles. The zero-order chi connectivity index (χ0) is 14.3. The van der Waals surface area contributed by atoms with Crippen LogP contribution in [0.3, 0.4) is 0 Å². The molecule has 0 aromatic carbocycles. The highest BCUT2D eigenvalue weighted by molar-refractivity contribution is 5.87. The van der Waals surface area contributed by atoms with E-state index in [0.29, 0.717) is 25.2 Å². The summed E-state index contributed by atoms with van der Waals surface area (Å²) in [6.45, 7) is 7.80. The Balaban J connectivity index is 4.31. The molecule has 0 spiro atoms. The van der Waals surface area contributed by atoms with Crippen molar-refractivity contribution in [3.63, 3.8) is 0 Å². The van der Waals surface area contributed by atoms with Gasteiger partial charge in [-0.1, -0.05) is 13.8 Å². The molecule has 1 unspecified atom stereocenters. The summed E-state index contributed by atoms with van der Waals surface area (Å²) in [7, 11) is 1.57. The number of likely N-dealkylation sites (N-methyl/N-ethyl adjacent to an activating group) is 1. The fourth-order valence-electron chi connectivity index (χ4n) is 1.58. The van der Waals surface area contributed by atoms with Crippen LogP contribution in [-0.4, -0.2) is 30.4 Å². The lowest BCUT2D eigenvalue weighted by Gasteiger charge is -2.21. The molecule has 4 N–H and O–H groups in total. The standard InChI is InChI=1S/C13H27N3O2/c1-9(2)8-10(12(18)15-5)16-11(17)6-7-13(3,4)14/h9-10H,6-8,14H2,1-5H3,(H,15,18)(H,16,17). The summed E-state index contributed by atoms with van der Waals surface area (Å²) in [5.41, 5.74) is 5.46. The topological polar surface area (TPSA) is 84.2 Å². The molecule has 5 nitrogen and oxygen atoms in total. The normalized spacial score (nSPS) is 13.3. The number of nitrogens with two attached hydrogens (primary N) is 1. The van der Waals surface area contributed by atoms with Crippen LogP contribution in [0.25, 0.3) is 0 Å². The predicted molar refractivity (Wildman–Crippen MR) is 73.0 cm³/mol. The second kappa shape index (κ2) is 7.36. The van der Waals surface area contributed by atoms with E-state index in [-0.39, 0.29) is 17.4 Å². The molecule has 2 amide bonds. The summed E-state index contributed by atoms with van der Waals surface area (Å²) in [6.07, 6.45) is 1.58. The van der Waals surface area contributed by atoms with E-state index in [9.17, 15) is 9.59 Å². The average Bonchev–Trinajstić information content (AvgIpc) is 2.22. The van der Waals surface area contributed by atoms with E-state index in [2.05, 4.69) is 10.6 Å². The van der Waals surface area contributed by atoms with Gasteiger partial charge in [-0.05, 0) is 32.6 Å². The maximum atomic E-state index is 11.8. The van der Waals surface area contributed by atoms with Crippen molar-refractivity contribution >= 4 is 11.8 Å². The van der Waals surface area contributed by atoms with Crippen molar-refractivity contribution in [3.8, 4) is 0 Å². The number of carbonyl (C=O) groups excluding carboxylic acids is 2. The maximum absolute atomic E-state index is 11.8. The molecule has 106 valence electrons. The van der Waals surface area contributed by atoms with Gasteiger partial charge in [-0.3, -0.25) is 9.59 Å². The van der Waals surface area contributed by atoms with Crippen molar-refractivity contribution in [2.45, 2.75) is 58.5 Å². The number of amides is 2. The highest BCUT2D eigenvalue weighted by Gasteiger charge is 2.21. The van der Waals surface area contributed by atoms with Gasteiger partial charge < -0.3 is 16.4 Å². The van der Waals surface area contributed by atoms with Crippen LogP contribution in [0.5, 0.6) is 0 Å². The van der Waals surface area contributed by atoms with E-state index in [1.165, 1.54) is 0 Å². The molecular formula is C13H27N3O2. The largest absolute Gasteiger partial charge is 0.357 e. The van der Waals surface area contributed by atoms with Gasteiger partial charge in [-0.15, -0.1) is 0 Å². The van der Waals surface area contributed by atoms with Crippen LogP contribution in [0.15, 0.2) is 0 Å². The van der Waals surface area contributed by atoms with Gasteiger partial charge in [0.15, 0.2) is 0 Å². The molecule has 0 aromatic rings. The van der Waals surface area contributed by atoms with Crippen molar-refractivity contribution in [3.05, 3.63) is 0 Å². The van der Waals surface area contributed by atoms with Gasteiger partial charge in [-0.2, -0.15) is 0 Å². The third-order valence-electron chi connectivity index (χ3n) is 2.60. The third kappa shape index (κ3) is 8.06. The second-order valence-corrected chi connectivity index (χ2v) is 5.85. The molecule has 0 radical (unpaired) electrons. The molecule has 0 aliphatic carbocycles. The molecule has 1 atom stereocenters. The van der Waals surface area contributed by atoms with Crippen LogP contribution < -0.4 is 16.4 Å². The fraction of sp³-hybridized carbons (Fsp3) is 0.846. The molecule has 5 heteroatoms. The molecule has 18 heavy (non-hydrogen) atoms. The molecule has 0 aromatic heterocycles. The Labute approximate surface area is 110 Å². The summed E-state index contributed by atoms with van der Waals surface area (Å²) in [5.74, 6) is 0.0744. The fourth-order valence-corrected chi connectivity index (χ4v) is 1.58. The first-order chi connectivity index (χ1) is 8.15. The zero-order valence-corrected chi connectivity index (χ0v) is 12.2. The van der Waals surface area contributed by atoms with Crippen molar-refractivity contribution in [2.24, 2.45) is 11.7 Å². The van der Waals surface area contributed by atoms with E-state index in [1.807, 2.05) is 27.7 Å². The van der Waals surface area contributed by atoms with Crippen molar-refractivity contribution in [1.82, 2.24) is 10.6 Å². The van der Waals surface area contributed by atoms with Crippen molar-refractivity contribution in [1.29, 1.82) is 0 Å². The summed E-state index contributed by atoms with van der Waals surface area (Å²) in [5, 5.41) is 5.33. The first-order valence-corrected chi connectivity index (χ1v) is 6.45. The van der Waals surface area contributed by atoms with Crippen LogP contribution in [0.4, 0.5) is 0 Å². The minimum absolute atomic E-state index is 0.122. The molecule has 0 bridgehead atoms. The number of nitrogens with one attached hydrogen (secondary N) is 2. The van der Waals surface area contributed by atoms with E-state index in [0.717, 1.165) is 0 Å². The molecule has 0 saturated heterocycles.